The number of hydrogen-bond acceptors (Lipinski definition) is 7. The molecule has 2 heterocycles. The lowest BCUT2D eigenvalue weighted by molar-refractivity contribution is -0.154. The van der Waals surface area contributed by atoms with Gasteiger partial charge in [-0.1, -0.05) is 6.92 Å². The Morgan fingerprint density at radius 2 is 2.33 bits per heavy atom. The van der Waals surface area contributed by atoms with E-state index in [0.29, 0.717) is 38.1 Å². The molecular weight excluding hydrogens is 274 g/mol. The predicted octanol–water partition coefficient (Wildman–Crippen LogP) is 0.952. The normalized spacial score (nSPS) is 18.4. The number of carbonyl (C=O) groups is 1. The molecule has 1 aliphatic heterocycles. The number of hydrogen-bond donors (Lipinski definition) is 0. The largest absolute Gasteiger partial charge is 0.478 e. The minimum absolute atomic E-state index is 0.378. The summed E-state index contributed by atoms with van der Waals surface area (Å²) in [4.78, 5) is 22.3. The second-order valence-corrected chi connectivity index (χ2v) is 4.82. The summed E-state index contributed by atoms with van der Waals surface area (Å²) in [6.45, 7) is 5.99. The molecule has 0 spiro atoms. The molecule has 1 aromatic heterocycles. The highest BCUT2D eigenvalue weighted by molar-refractivity contribution is 5.75. The van der Waals surface area contributed by atoms with Gasteiger partial charge in [0, 0.05) is 18.3 Å². The van der Waals surface area contributed by atoms with Crippen molar-refractivity contribution in [3.63, 3.8) is 0 Å². The van der Waals surface area contributed by atoms with Crippen LogP contribution in [0.4, 0.5) is 5.95 Å². The molecule has 7 heteroatoms. The van der Waals surface area contributed by atoms with Crippen LogP contribution < -0.4 is 9.64 Å². The molecule has 1 atom stereocenters. The molecule has 0 aliphatic carbocycles. The van der Waals surface area contributed by atoms with Crippen LogP contribution in [0.15, 0.2) is 6.07 Å². The fourth-order valence-corrected chi connectivity index (χ4v) is 2.05. The van der Waals surface area contributed by atoms with Crippen molar-refractivity contribution in [2.24, 2.45) is 0 Å². The number of nitrogens with zero attached hydrogens (tertiary/aromatic N) is 3. The Labute approximate surface area is 124 Å². The van der Waals surface area contributed by atoms with Crippen LogP contribution in [0.2, 0.25) is 0 Å². The van der Waals surface area contributed by atoms with Crippen LogP contribution in [-0.2, 0) is 14.3 Å². The van der Waals surface area contributed by atoms with Gasteiger partial charge in [0.25, 0.3) is 0 Å². The number of esters is 1. The molecule has 1 unspecified atom stereocenters. The van der Waals surface area contributed by atoms with Crippen molar-refractivity contribution in [2.75, 3.05) is 38.3 Å². The Hall–Kier alpha value is -1.89. The molecule has 116 valence electrons. The third kappa shape index (κ3) is 4.04. The van der Waals surface area contributed by atoms with Gasteiger partial charge in [-0.3, -0.25) is 0 Å². The third-order valence-electron chi connectivity index (χ3n) is 3.09. The van der Waals surface area contributed by atoms with Crippen LogP contribution in [0.3, 0.4) is 0 Å². The first-order valence-corrected chi connectivity index (χ1v) is 7.07. The van der Waals surface area contributed by atoms with Crippen molar-refractivity contribution in [1.29, 1.82) is 0 Å². The minimum Gasteiger partial charge on any atom is -0.478 e. The van der Waals surface area contributed by atoms with Crippen molar-refractivity contribution in [3.05, 3.63) is 11.8 Å². The lowest BCUT2D eigenvalue weighted by atomic mass is 10.3. The summed E-state index contributed by atoms with van der Waals surface area (Å²) in [5.74, 6) is 0.730. The predicted molar refractivity (Wildman–Crippen MR) is 76.5 cm³/mol. The zero-order valence-corrected chi connectivity index (χ0v) is 12.7. The van der Waals surface area contributed by atoms with Gasteiger partial charge >= 0.3 is 5.97 Å². The van der Waals surface area contributed by atoms with E-state index in [1.165, 1.54) is 7.11 Å². The first-order chi connectivity index (χ1) is 10.1. The van der Waals surface area contributed by atoms with E-state index in [2.05, 4.69) is 9.97 Å². The molecule has 0 bridgehead atoms. The Morgan fingerprint density at radius 3 is 3.05 bits per heavy atom. The van der Waals surface area contributed by atoms with Gasteiger partial charge in [-0.15, -0.1) is 0 Å². The first kappa shape index (κ1) is 15.5. The summed E-state index contributed by atoms with van der Waals surface area (Å²) >= 11 is 0. The molecule has 1 saturated heterocycles. The lowest BCUT2D eigenvalue weighted by Gasteiger charge is -2.31. The molecule has 0 saturated carbocycles. The molecule has 7 nitrogen and oxygen atoms in total. The zero-order chi connectivity index (χ0) is 15.2. The van der Waals surface area contributed by atoms with E-state index < -0.39 is 6.10 Å². The van der Waals surface area contributed by atoms with E-state index >= 15 is 0 Å². The molecule has 1 fully saturated rings. The van der Waals surface area contributed by atoms with E-state index in [0.717, 1.165) is 12.1 Å². The maximum atomic E-state index is 11.6. The highest BCUT2D eigenvalue weighted by Crippen LogP contribution is 2.18. The number of aryl methyl sites for hydroxylation is 1. The van der Waals surface area contributed by atoms with Crippen LogP contribution in [0.1, 0.15) is 19.0 Å². The molecule has 1 aliphatic rings. The van der Waals surface area contributed by atoms with Crippen molar-refractivity contribution < 1.29 is 19.0 Å². The summed E-state index contributed by atoms with van der Waals surface area (Å²) in [6, 6.07) is 1.80. The van der Waals surface area contributed by atoms with E-state index in [1.54, 1.807) is 6.07 Å². The third-order valence-corrected chi connectivity index (χ3v) is 3.09. The highest BCUT2D eigenvalue weighted by Gasteiger charge is 2.29. The van der Waals surface area contributed by atoms with Gasteiger partial charge in [0.15, 0.2) is 6.10 Å². The van der Waals surface area contributed by atoms with Gasteiger partial charge in [0.2, 0.25) is 11.8 Å². The molecule has 2 rings (SSSR count). The van der Waals surface area contributed by atoms with E-state index in [9.17, 15) is 4.79 Å². The standard InChI is InChI=1S/C14H21N3O4/c1-4-6-21-12-8-10(2)15-14(16-12)17-5-7-20-11(9-17)13(18)19-3/h8,11H,4-7,9H2,1-3H3. The maximum Gasteiger partial charge on any atom is 0.336 e. The quantitative estimate of drug-likeness (QED) is 0.749. The fraction of sp³-hybridized carbons (Fsp3) is 0.643. The van der Waals surface area contributed by atoms with Crippen LogP contribution in [-0.4, -0.2) is 55.5 Å². The number of rotatable bonds is 5. The van der Waals surface area contributed by atoms with Gasteiger partial charge in [0.05, 0.1) is 26.9 Å². The minimum atomic E-state index is -0.604. The maximum absolute atomic E-state index is 11.6. The zero-order valence-electron chi connectivity index (χ0n) is 12.7. The molecule has 0 amide bonds. The van der Waals surface area contributed by atoms with Crippen molar-refractivity contribution >= 4 is 11.9 Å². The van der Waals surface area contributed by atoms with Gasteiger partial charge in [0.1, 0.15) is 0 Å². The molecule has 0 aromatic carbocycles. The van der Waals surface area contributed by atoms with Gasteiger partial charge < -0.3 is 19.1 Å². The summed E-state index contributed by atoms with van der Waals surface area (Å²) in [5, 5.41) is 0. The Bertz CT molecular complexity index is 495. The smallest absolute Gasteiger partial charge is 0.336 e. The summed E-state index contributed by atoms with van der Waals surface area (Å²) in [5.41, 5.74) is 0.826. The van der Waals surface area contributed by atoms with Crippen molar-refractivity contribution in [1.82, 2.24) is 9.97 Å². The number of carbonyl (C=O) groups excluding carboxylic acids is 1. The number of aromatic nitrogens is 2. The molecule has 21 heavy (non-hydrogen) atoms. The van der Waals surface area contributed by atoms with Crippen molar-refractivity contribution in [3.8, 4) is 5.88 Å². The molecule has 1 aromatic rings. The number of methoxy groups -OCH3 is 1. The summed E-state index contributed by atoms with van der Waals surface area (Å²) in [6.07, 6.45) is 0.313. The number of morpholine rings is 1. The van der Waals surface area contributed by atoms with Crippen LogP contribution in [0.5, 0.6) is 5.88 Å². The van der Waals surface area contributed by atoms with Crippen LogP contribution >= 0.6 is 0 Å². The van der Waals surface area contributed by atoms with E-state index in [1.807, 2.05) is 18.7 Å². The first-order valence-electron chi connectivity index (χ1n) is 7.07. The molecular formula is C14H21N3O4. The number of ether oxygens (including phenoxy) is 3. The highest BCUT2D eigenvalue weighted by atomic mass is 16.6. The SMILES string of the molecule is CCCOc1cc(C)nc(N2CCOC(C(=O)OC)C2)n1. The van der Waals surface area contributed by atoms with Crippen LogP contribution in [0.25, 0.3) is 0 Å². The summed E-state index contributed by atoms with van der Waals surface area (Å²) < 4.78 is 15.7. The number of anilines is 1. The fourth-order valence-electron chi connectivity index (χ4n) is 2.05. The molecule has 0 radical (unpaired) electrons. The summed E-state index contributed by atoms with van der Waals surface area (Å²) in [7, 11) is 1.35. The monoisotopic (exact) mass is 295 g/mol. The van der Waals surface area contributed by atoms with Crippen molar-refractivity contribution in [2.45, 2.75) is 26.4 Å². The van der Waals surface area contributed by atoms with Gasteiger partial charge in [-0.25, -0.2) is 9.78 Å². The molecule has 0 N–H and O–H groups in total. The Morgan fingerprint density at radius 1 is 1.52 bits per heavy atom. The van der Waals surface area contributed by atoms with E-state index in [-0.39, 0.29) is 5.97 Å². The average Bonchev–Trinajstić information content (AvgIpc) is 2.51. The van der Waals surface area contributed by atoms with Gasteiger partial charge in [-0.05, 0) is 13.3 Å². The lowest BCUT2D eigenvalue weighted by Crippen LogP contribution is -2.47. The van der Waals surface area contributed by atoms with E-state index in [4.69, 9.17) is 14.2 Å². The topological polar surface area (TPSA) is 73.8 Å². The second kappa shape index (κ2) is 7.21. The average molecular weight is 295 g/mol. The Kier molecular flexibility index (Phi) is 5.32. The second-order valence-electron chi connectivity index (χ2n) is 4.82. The van der Waals surface area contributed by atoms with Crippen LogP contribution in [0, 0.1) is 6.92 Å². The Balaban J connectivity index is 2.12. The van der Waals surface area contributed by atoms with Gasteiger partial charge in [-0.2, -0.15) is 4.98 Å².